The summed E-state index contributed by atoms with van der Waals surface area (Å²) >= 11 is 0. The molecule has 0 saturated heterocycles. The maximum atomic E-state index is 13.5. The number of hydrogen-bond donors (Lipinski definition) is 0. The van der Waals surface area contributed by atoms with E-state index >= 15 is 0 Å². The molecule has 22 heavy (non-hydrogen) atoms. The lowest BCUT2D eigenvalue weighted by Gasteiger charge is -1.98. The Labute approximate surface area is 125 Å². The third-order valence-corrected chi connectivity index (χ3v) is 4.27. The molecule has 0 spiro atoms. The molecule has 0 aliphatic rings. The average Bonchev–Trinajstić information content (AvgIpc) is 2.94. The Bertz CT molecular complexity index is 1190. The van der Waals surface area contributed by atoms with Crippen molar-refractivity contribution in [3.8, 4) is 0 Å². The number of aromatic nitrogens is 2. The fourth-order valence-corrected chi connectivity index (χ4v) is 3.27. The van der Waals surface area contributed by atoms with Gasteiger partial charge < -0.3 is 0 Å². The molecule has 0 amide bonds. The zero-order valence-electron chi connectivity index (χ0n) is 11.7. The third-order valence-electron chi connectivity index (χ3n) is 4.27. The van der Waals surface area contributed by atoms with Crippen molar-refractivity contribution in [2.45, 2.75) is 0 Å². The lowest BCUT2D eigenvalue weighted by atomic mass is 10.2. The fraction of sp³-hybridized carbons (Fsp3) is 0. The first-order chi connectivity index (χ1) is 10.8. The van der Waals surface area contributed by atoms with Crippen molar-refractivity contribution in [2.24, 2.45) is 0 Å². The first-order valence-electron chi connectivity index (χ1n) is 7.24. The van der Waals surface area contributed by atoms with E-state index in [2.05, 4.69) is 39.3 Å². The summed E-state index contributed by atoms with van der Waals surface area (Å²) in [7, 11) is 0. The molecular formula is C19H12FN2+. The van der Waals surface area contributed by atoms with Gasteiger partial charge >= 0.3 is 0 Å². The molecule has 0 bridgehead atoms. The maximum Gasteiger partial charge on any atom is 0.292 e. The number of hydrogen-bond acceptors (Lipinski definition) is 0. The van der Waals surface area contributed by atoms with Gasteiger partial charge in [0.15, 0.2) is 5.52 Å². The molecule has 2 aromatic carbocycles. The van der Waals surface area contributed by atoms with Crippen LogP contribution in [0.1, 0.15) is 0 Å². The fourth-order valence-electron chi connectivity index (χ4n) is 3.27. The number of fused-ring (bicyclic) bond motifs is 7. The molecule has 0 atom stereocenters. The Hall–Kier alpha value is -2.94. The predicted molar refractivity (Wildman–Crippen MR) is 85.5 cm³/mol. The molecule has 0 aliphatic heterocycles. The van der Waals surface area contributed by atoms with Crippen LogP contribution in [0, 0.1) is 5.82 Å². The predicted octanol–water partition coefficient (Wildman–Crippen LogP) is 4.12. The highest BCUT2D eigenvalue weighted by molar-refractivity contribution is 5.85. The van der Waals surface area contributed by atoms with Gasteiger partial charge in [-0.05, 0) is 42.5 Å². The van der Waals surface area contributed by atoms with Crippen molar-refractivity contribution in [1.82, 2.24) is 4.40 Å². The standard InChI is InChI=1S/C19H12FN2/c20-15-7-9-18-14(11-15)5-8-16-12-21-17-4-2-1-3-13(17)6-10-19(21)22(16)18/h1-12H/q+1. The minimum atomic E-state index is -0.207. The molecule has 3 heteroatoms. The van der Waals surface area contributed by atoms with Crippen LogP contribution in [-0.4, -0.2) is 4.40 Å². The molecular weight excluding hydrogens is 275 g/mol. The van der Waals surface area contributed by atoms with Crippen LogP contribution in [0.25, 0.3) is 33.0 Å². The molecule has 5 rings (SSSR count). The van der Waals surface area contributed by atoms with E-state index in [1.54, 1.807) is 6.07 Å². The quantitative estimate of drug-likeness (QED) is 0.379. The molecule has 3 aromatic heterocycles. The van der Waals surface area contributed by atoms with Gasteiger partial charge in [0.25, 0.3) is 5.65 Å². The van der Waals surface area contributed by atoms with Gasteiger partial charge in [0.05, 0.1) is 0 Å². The number of halogens is 1. The summed E-state index contributed by atoms with van der Waals surface area (Å²) < 4.78 is 17.8. The van der Waals surface area contributed by atoms with E-state index in [0.717, 1.165) is 22.1 Å². The van der Waals surface area contributed by atoms with E-state index in [0.29, 0.717) is 0 Å². The summed E-state index contributed by atoms with van der Waals surface area (Å²) in [5, 5.41) is 2.10. The summed E-state index contributed by atoms with van der Waals surface area (Å²) in [6.07, 6.45) is 2.13. The van der Waals surface area contributed by atoms with Crippen LogP contribution in [0.4, 0.5) is 4.39 Å². The molecule has 0 N–H and O–H groups in total. The minimum absolute atomic E-state index is 0.207. The highest BCUT2D eigenvalue weighted by atomic mass is 19.1. The zero-order chi connectivity index (χ0) is 14.7. The van der Waals surface area contributed by atoms with E-state index in [9.17, 15) is 4.39 Å². The summed E-state index contributed by atoms with van der Waals surface area (Å²) in [4.78, 5) is 0. The molecule has 0 saturated carbocycles. The third kappa shape index (κ3) is 1.45. The van der Waals surface area contributed by atoms with Crippen molar-refractivity contribution in [3.63, 3.8) is 0 Å². The van der Waals surface area contributed by atoms with Crippen molar-refractivity contribution in [3.05, 3.63) is 78.7 Å². The Morgan fingerprint density at radius 3 is 2.64 bits per heavy atom. The second-order valence-electron chi connectivity index (χ2n) is 5.55. The van der Waals surface area contributed by atoms with Crippen LogP contribution in [0.5, 0.6) is 0 Å². The Morgan fingerprint density at radius 2 is 1.68 bits per heavy atom. The number of imidazole rings is 1. The first-order valence-corrected chi connectivity index (χ1v) is 7.24. The molecule has 0 unspecified atom stereocenters. The van der Waals surface area contributed by atoms with Gasteiger partial charge in [-0.1, -0.05) is 18.2 Å². The molecule has 5 aromatic rings. The second-order valence-corrected chi connectivity index (χ2v) is 5.55. The number of para-hydroxylation sites is 1. The van der Waals surface area contributed by atoms with Crippen LogP contribution in [-0.2, 0) is 0 Å². The number of rotatable bonds is 0. The van der Waals surface area contributed by atoms with Crippen molar-refractivity contribution in [1.29, 1.82) is 0 Å². The van der Waals surface area contributed by atoms with E-state index in [1.807, 2.05) is 30.3 Å². The van der Waals surface area contributed by atoms with Crippen LogP contribution < -0.4 is 4.40 Å². The molecule has 0 fully saturated rings. The van der Waals surface area contributed by atoms with Gasteiger partial charge in [0.2, 0.25) is 0 Å². The lowest BCUT2D eigenvalue weighted by Crippen LogP contribution is -2.19. The SMILES string of the molecule is Fc1ccc2c(ccc3c[n+]4c5ccccc5ccc4n32)c1. The first kappa shape index (κ1) is 11.7. The van der Waals surface area contributed by atoms with Crippen molar-refractivity contribution in [2.75, 3.05) is 0 Å². The molecule has 0 radical (unpaired) electrons. The normalized spacial score (nSPS) is 11.9. The Balaban J connectivity index is 2.07. The second kappa shape index (κ2) is 4.04. The van der Waals surface area contributed by atoms with Gasteiger partial charge in [0, 0.05) is 16.8 Å². The number of benzene rings is 2. The monoisotopic (exact) mass is 287 g/mol. The maximum absolute atomic E-state index is 13.5. The highest BCUT2D eigenvalue weighted by Crippen LogP contribution is 2.21. The summed E-state index contributed by atoms with van der Waals surface area (Å²) in [6, 6.07) is 21.5. The molecule has 104 valence electrons. The number of pyridine rings is 2. The van der Waals surface area contributed by atoms with E-state index in [-0.39, 0.29) is 5.82 Å². The van der Waals surface area contributed by atoms with E-state index in [4.69, 9.17) is 0 Å². The Morgan fingerprint density at radius 1 is 0.818 bits per heavy atom. The van der Waals surface area contributed by atoms with Gasteiger partial charge in [-0.15, -0.1) is 0 Å². The topological polar surface area (TPSA) is 8.51 Å². The molecule has 0 aliphatic carbocycles. The van der Waals surface area contributed by atoms with Crippen molar-refractivity contribution >= 4 is 33.0 Å². The van der Waals surface area contributed by atoms with E-state index in [1.165, 1.54) is 17.0 Å². The van der Waals surface area contributed by atoms with Crippen LogP contribution in [0.3, 0.4) is 0 Å². The van der Waals surface area contributed by atoms with Gasteiger partial charge in [0.1, 0.15) is 23.0 Å². The van der Waals surface area contributed by atoms with Crippen molar-refractivity contribution < 1.29 is 8.79 Å². The summed E-state index contributed by atoms with van der Waals surface area (Å²) in [6.45, 7) is 0. The van der Waals surface area contributed by atoms with Gasteiger partial charge in [-0.25, -0.2) is 4.39 Å². The lowest BCUT2D eigenvalue weighted by molar-refractivity contribution is -0.479. The van der Waals surface area contributed by atoms with Crippen LogP contribution in [0.15, 0.2) is 72.9 Å². The van der Waals surface area contributed by atoms with Gasteiger partial charge in [-0.3, -0.25) is 0 Å². The zero-order valence-corrected chi connectivity index (χ0v) is 11.7. The van der Waals surface area contributed by atoms with E-state index < -0.39 is 0 Å². The van der Waals surface area contributed by atoms with Gasteiger partial charge in [-0.2, -0.15) is 8.80 Å². The Kier molecular flexibility index (Phi) is 2.15. The van der Waals surface area contributed by atoms with Crippen LogP contribution in [0.2, 0.25) is 0 Å². The smallest absolute Gasteiger partial charge is 0.207 e. The largest absolute Gasteiger partial charge is 0.292 e. The molecule has 3 heterocycles. The molecule has 2 nitrogen and oxygen atoms in total. The average molecular weight is 287 g/mol. The number of nitrogens with zero attached hydrogens (tertiary/aromatic N) is 2. The summed E-state index contributed by atoms with van der Waals surface area (Å²) in [5.74, 6) is -0.207. The highest BCUT2D eigenvalue weighted by Gasteiger charge is 2.16. The minimum Gasteiger partial charge on any atom is -0.207 e. The van der Waals surface area contributed by atoms with Crippen LogP contribution >= 0.6 is 0 Å². The summed E-state index contributed by atoms with van der Waals surface area (Å²) in [5.41, 5.74) is 4.34.